The molecule has 1 radical (unpaired) electrons. The summed E-state index contributed by atoms with van der Waals surface area (Å²) >= 11 is 21.4. The van der Waals surface area contributed by atoms with Crippen molar-refractivity contribution in [3.8, 4) is 11.1 Å². The molecule has 0 spiro atoms. The van der Waals surface area contributed by atoms with Gasteiger partial charge in [0.1, 0.15) is 0 Å². The van der Waals surface area contributed by atoms with E-state index in [4.69, 9.17) is 34.8 Å². The topological polar surface area (TPSA) is 0 Å². The zero-order chi connectivity index (χ0) is 11.7. The molecule has 0 aliphatic rings. The molecule has 0 saturated carbocycles. The molecule has 0 bridgehead atoms. The standard InChI is InChI=1S/C12H5BrCl3/c13-9-4-2-1-3-7(9)8-5-6-10(14)12(16)11(8)15/h1-3,5-6H. The van der Waals surface area contributed by atoms with Gasteiger partial charge in [0.25, 0.3) is 0 Å². The normalized spacial score (nSPS) is 10.5. The van der Waals surface area contributed by atoms with Crippen molar-refractivity contribution in [1.82, 2.24) is 0 Å². The van der Waals surface area contributed by atoms with Crippen LogP contribution in [0, 0.1) is 6.07 Å². The molecule has 0 aromatic heterocycles. The first-order valence-electron chi connectivity index (χ1n) is 4.41. The van der Waals surface area contributed by atoms with Gasteiger partial charge in [0.05, 0.1) is 15.1 Å². The third-order valence-corrected chi connectivity index (χ3v) is 4.08. The maximum atomic E-state index is 6.15. The second-order valence-electron chi connectivity index (χ2n) is 3.12. The highest BCUT2D eigenvalue weighted by atomic mass is 79.9. The Morgan fingerprint density at radius 1 is 0.938 bits per heavy atom. The van der Waals surface area contributed by atoms with Gasteiger partial charge in [-0.3, -0.25) is 0 Å². The largest absolute Gasteiger partial charge is 0.0827 e. The van der Waals surface area contributed by atoms with Crippen molar-refractivity contribution < 1.29 is 0 Å². The van der Waals surface area contributed by atoms with E-state index in [2.05, 4.69) is 22.0 Å². The summed E-state index contributed by atoms with van der Waals surface area (Å²) in [7, 11) is 0. The van der Waals surface area contributed by atoms with Gasteiger partial charge in [-0.25, -0.2) is 0 Å². The zero-order valence-corrected chi connectivity index (χ0v) is 11.8. The molecule has 81 valence electrons. The first-order chi connectivity index (χ1) is 7.61. The van der Waals surface area contributed by atoms with Crippen molar-refractivity contribution in [3.63, 3.8) is 0 Å². The second kappa shape index (κ2) is 4.97. The van der Waals surface area contributed by atoms with Crippen LogP contribution in [0.2, 0.25) is 15.1 Å². The summed E-state index contributed by atoms with van der Waals surface area (Å²) in [6, 6.07) is 12.2. The molecule has 0 aliphatic carbocycles. The summed E-state index contributed by atoms with van der Waals surface area (Å²) in [5, 5.41) is 1.28. The van der Waals surface area contributed by atoms with E-state index in [1.165, 1.54) is 0 Å². The van der Waals surface area contributed by atoms with Gasteiger partial charge in [-0.15, -0.1) is 0 Å². The molecule has 0 atom stereocenters. The molecule has 0 N–H and O–H groups in total. The second-order valence-corrected chi connectivity index (χ2v) is 5.08. The Hall–Kier alpha value is -0.210. The Kier molecular flexibility index (Phi) is 3.81. The van der Waals surface area contributed by atoms with Gasteiger partial charge in [0.2, 0.25) is 0 Å². The van der Waals surface area contributed by atoms with Gasteiger partial charge in [-0.1, -0.05) is 59.1 Å². The molecule has 16 heavy (non-hydrogen) atoms. The summed E-state index contributed by atoms with van der Waals surface area (Å²) in [4.78, 5) is 0. The van der Waals surface area contributed by atoms with Crippen LogP contribution in [0.25, 0.3) is 11.1 Å². The molecule has 2 rings (SSSR count). The molecule has 0 fully saturated rings. The van der Waals surface area contributed by atoms with Crippen molar-refractivity contribution in [2.24, 2.45) is 0 Å². The van der Waals surface area contributed by atoms with Crippen LogP contribution in [0.4, 0.5) is 0 Å². The first-order valence-corrected chi connectivity index (χ1v) is 6.34. The fraction of sp³-hybridized carbons (Fsp3) is 0. The number of rotatable bonds is 1. The smallest absolute Gasteiger partial charge is 0.0784 e. The van der Waals surface area contributed by atoms with E-state index in [0.717, 1.165) is 15.6 Å². The Morgan fingerprint density at radius 3 is 2.38 bits per heavy atom. The van der Waals surface area contributed by atoms with E-state index >= 15 is 0 Å². The van der Waals surface area contributed by atoms with Gasteiger partial charge in [-0.05, 0) is 33.6 Å². The van der Waals surface area contributed by atoms with Crippen molar-refractivity contribution in [1.29, 1.82) is 0 Å². The lowest BCUT2D eigenvalue weighted by Gasteiger charge is -2.08. The van der Waals surface area contributed by atoms with Crippen LogP contribution in [0.5, 0.6) is 0 Å². The van der Waals surface area contributed by atoms with E-state index < -0.39 is 0 Å². The number of benzene rings is 2. The van der Waals surface area contributed by atoms with E-state index in [-0.39, 0.29) is 0 Å². The lowest BCUT2D eigenvalue weighted by molar-refractivity contribution is 1.57. The summed E-state index contributed by atoms with van der Waals surface area (Å²) in [5.74, 6) is 0. The monoisotopic (exact) mass is 333 g/mol. The molecule has 0 nitrogen and oxygen atoms in total. The minimum absolute atomic E-state index is 0.372. The first kappa shape index (κ1) is 12.3. The average molecular weight is 335 g/mol. The quantitative estimate of drug-likeness (QED) is 0.571. The molecule has 2 aromatic rings. The van der Waals surface area contributed by atoms with E-state index in [1.807, 2.05) is 24.3 Å². The Balaban J connectivity index is 2.66. The molecule has 0 unspecified atom stereocenters. The van der Waals surface area contributed by atoms with Crippen molar-refractivity contribution in [2.45, 2.75) is 0 Å². The lowest BCUT2D eigenvalue weighted by atomic mass is 10.1. The van der Waals surface area contributed by atoms with Crippen LogP contribution in [-0.2, 0) is 0 Å². The van der Waals surface area contributed by atoms with Crippen LogP contribution >= 0.6 is 50.7 Å². The fourth-order valence-corrected chi connectivity index (χ4v) is 2.47. The van der Waals surface area contributed by atoms with E-state index in [1.54, 1.807) is 6.07 Å². The fourth-order valence-electron chi connectivity index (χ4n) is 1.36. The molecule has 0 aliphatic heterocycles. The van der Waals surface area contributed by atoms with E-state index in [9.17, 15) is 0 Å². The SMILES string of the molecule is Clc1ccc(-c2ccc[c]c2Br)c(Cl)c1Cl. The Labute approximate surface area is 117 Å². The molecular formula is C12H5BrCl3. The summed E-state index contributed by atoms with van der Waals surface area (Å²) in [6.45, 7) is 0. The highest BCUT2D eigenvalue weighted by molar-refractivity contribution is 9.10. The summed E-state index contributed by atoms with van der Waals surface area (Å²) in [5.41, 5.74) is 1.77. The van der Waals surface area contributed by atoms with E-state index in [0.29, 0.717) is 15.1 Å². The summed E-state index contributed by atoms with van der Waals surface area (Å²) in [6.07, 6.45) is 0. The average Bonchev–Trinajstić information content (AvgIpc) is 2.28. The van der Waals surface area contributed by atoms with Crippen LogP contribution < -0.4 is 0 Å². The Morgan fingerprint density at radius 2 is 1.69 bits per heavy atom. The van der Waals surface area contributed by atoms with Gasteiger partial charge < -0.3 is 0 Å². The summed E-state index contributed by atoms with van der Waals surface area (Å²) < 4.78 is 0.843. The number of hydrogen-bond donors (Lipinski definition) is 0. The number of halogens is 4. The minimum atomic E-state index is 0.372. The molecular weight excluding hydrogens is 330 g/mol. The van der Waals surface area contributed by atoms with Gasteiger partial charge in [-0.2, -0.15) is 0 Å². The minimum Gasteiger partial charge on any atom is -0.0827 e. The lowest BCUT2D eigenvalue weighted by Crippen LogP contribution is -1.83. The third-order valence-electron chi connectivity index (χ3n) is 2.13. The van der Waals surface area contributed by atoms with Crippen molar-refractivity contribution in [3.05, 3.63) is 55.9 Å². The molecule has 2 aromatic carbocycles. The highest BCUT2D eigenvalue weighted by Crippen LogP contribution is 2.40. The van der Waals surface area contributed by atoms with Gasteiger partial charge in [0, 0.05) is 10.0 Å². The maximum absolute atomic E-state index is 6.15. The highest BCUT2D eigenvalue weighted by Gasteiger charge is 2.12. The van der Waals surface area contributed by atoms with Crippen LogP contribution in [0.1, 0.15) is 0 Å². The van der Waals surface area contributed by atoms with Gasteiger partial charge in [0.15, 0.2) is 0 Å². The van der Waals surface area contributed by atoms with Crippen LogP contribution in [-0.4, -0.2) is 0 Å². The number of hydrogen-bond acceptors (Lipinski definition) is 0. The Bertz CT molecular complexity index is 538. The van der Waals surface area contributed by atoms with Crippen molar-refractivity contribution in [2.75, 3.05) is 0 Å². The third kappa shape index (κ3) is 2.23. The predicted molar refractivity (Wildman–Crippen MR) is 73.4 cm³/mol. The molecule has 4 heteroatoms. The predicted octanol–water partition coefficient (Wildman–Crippen LogP) is 5.88. The maximum Gasteiger partial charge on any atom is 0.0784 e. The van der Waals surface area contributed by atoms with Crippen molar-refractivity contribution >= 4 is 50.7 Å². The molecule has 0 saturated heterocycles. The molecule has 0 heterocycles. The van der Waals surface area contributed by atoms with Crippen LogP contribution in [0.3, 0.4) is 0 Å². The van der Waals surface area contributed by atoms with Gasteiger partial charge >= 0.3 is 0 Å². The molecule has 0 amide bonds. The van der Waals surface area contributed by atoms with Crippen LogP contribution in [0.15, 0.2) is 34.8 Å². The zero-order valence-electron chi connectivity index (χ0n) is 7.90.